The Morgan fingerprint density at radius 2 is 2.31 bits per heavy atom. The topological polar surface area (TPSA) is 55.2 Å². The molecule has 7 heteroatoms. The Bertz CT molecular complexity index is 386. The van der Waals surface area contributed by atoms with E-state index in [4.69, 9.17) is 0 Å². The van der Waals surface area contributed by atoms with E-state index in [-0.39, 0.29) is 6.54 Å². The molecule has 1 rings (SSSR count). The van der Waals surface area contributed by atoms with Crippen molar-refractivity contribution >= 4 is 10.4 Å². The standard InChI is InChI=1S/C6H10FN3O2S/c1-9-4-6(3-8-9)5-10(2)13(7,11)12/h3-4H,5H2,1-2H3. The van der Waals surface area contributed by atoms with Crippen molar-refractivity contribution in [3.05, 3.63) is 18.0 Å². The summed E-state index contributed by atoms with van der Waals surface area (Å²) in [5, 5.41) is 3.82. The smallest absolute Gasteiger partial charge is 0.275 e. The molecule has 1 aromatic rings. The van der Waals surface area contributed by atoms with Crippen LogP contribution in [0.25, 0.3) is 0 Å². The minimum absolute atomic E-state index is 0.00727. The van der Waals surface area contributed by atoms with E-state index < -0.39 is 10.4 Å². The molecule has 0 spiro atoms. The van der Waals surface area contributed by atoms with Gasteiger partial charge in [-0.15, -0.1) is 0 Å². The van der Waals surface area contributed by atoms with Gasteiger partial charge in [0.05, 0.1) is 6.20 Å². The predicted octanol–water partition coefficient (Wildman–Crippen LogP) is 0.0662. The lowest BCUT2D eigenvalue weighted by atomic mass is 10.4. The summed E-state index contributed by atoms with van der Waals surface area (Å²) in [7, 11) is -1.72. The zero-order valence-corrected chi connectivity index (χ0v) is 8.12. The van der Waals surface area contributed by atoms with E-state index in [9.17, 15) is 12.3 Å². The highest BCUT2D eigenvalue weighted by molar-refractivity contribution is 7.83. The molecule has 0 amide bonds. The summed E-state index contributed by atoms with van der Waals surface area (Å²) in [6, 6.07) is 0. The minimum atomic E-state index is -4.60. The first-order valence-electron chi connectivity index (χ1n) is 3.53. The SMILES string of the molecule is CN(Cc1cnn(C)c1)S(=O)(=O)F. The van der Waals surface area contributed by atoms with Gasteiger partial charge >= 0.3 is 10.4 Å². The van der Waals surface area contributed by atoms with E-state index in [1.54, 1.807) is 13.2 Å². The third-order valence-corrected chi connectivity index (χ3v) is 2.41. The Morgan fingerprint density at radius 1 is 1.69 bits per heavy atom. The zero-order chi connectivity index (χ0) is 10.1. The highest BCUT2D eigenvalue weighted by Crippen LogP contribution is 2.06. The molecule has 0 saturated heterocycles. The maximum Gasteiger partial charge on any atom is 0.374 e. The lowest BCUT2D eigenvalue weighted by Crippen LogP contribution is -2.21. The zero-order valence-electron chi connectivity index (χ0n) is 7.31. The normalized spacial score (nSPS) is 12.3. The molecule has 5 nitrogen and oxygen atoms in total. The molecule has 74 valence electrons. The molecule has 0 unspecified atom stereocenters. The molecule has 0 fully saturated rings. The van der Waals surface area contributed by atoms with Gasteiger partial charge in [0.1, 0.15) is 0 Å². The van der Waals surface area contributed by atoms with E-state index in [0.29, 0.717) is 9.87 Å². The van der Waals surface area contributed by atoms with E-state index in [2.05, 4.69) is 5.10 Å². The third-order valence-electron chi connectivity index (χ3n) is 1.54. The van der Waals surface area contributed by atoms with Gasteiger partial charge < -0.3 is 0 Å². The second-order valence-corrected chi connectivity index (χ2v) is 4.17. The Labute approximate surface area is 76.1 Å². The number of halogens is 1. The van der Waals surface area contributed by atoms with Crippen molar-refractivity contribution in [1.29, 1.82) is 0 Å². The fourth-order valence-corrected chi connectivity index (χ4v) is 1.19. The maximum absolute atomic E-state index is 12.3. The van der Waals surface area contributed by atoms with Crippen molar-refractivity contribution in [3.8, 4) is 0 Å². The molecule has 0 saturated carbocycles. The van der Waals surface area contributed by atoms with Crippen LogP contribution in [0.3, 0.4) is 0 Å². The van der Waals surface area contributed by atoms with Gasteiger partial charge in [-0.25, -0.2) is 0 Å². The Balaban J connectivity index is 2.71. The molecule has 0 radical (unpaired) electrons. The predicted molar refractivity (Wildman–Crippen MR) is 44.7 cm³/mol. The summed E-state index contributed by atoms with van der Waals surface area (Å²) in [6.07, 6.45) is 3.11. The maximum atomic E-state index is 12.3. The molecule has 13 heavy (non-hydrogen) atoms. The first-order chi connectivity index (χ1) is 5.89. The lowest BCUT2D eigenvalue weighted by Gasteiger charge is -2.08. The highest BCUT2D eigenvalue weighted by Gasteiger charge is 2.16. The molecule has 1 heterocycles. The van der Waals surface area contributed by atoms with Crippen molar-refractivity contribution in [2.75, 3.05) is 7.05 Å². The van der Waals surface area contributed by atoms with Crippen LogP contribution >= 0.6 is 0 Å². The summed E-state index contributed by atoms with van der Waals surface area (Å²) in [5.41, 5.74) is 0.645. The third kappa shape index (κ3) is 2.78. The second-order valence-electron chi connectivity index (χ2n) is 2.72. The molecular formula is C6H10FN3O2S. The van der Waals surface area contributed by atoms with E-state index in [1.807, 2.05) is 0 Å². The van der Waals surface area contributed by atoms with Crippen molar-refractivity contribution in [3.63, 3.8) is 0 Å². The van der Waals surface area contributed by atoms with Gasteiger partial charge in [-0.1, -0.05) is 3.89 Å². The van der Waals surface area contributed by atoms with Crippen LogP contribution < -0.4 is 0 Å². The van der Waals surface area contributed by atoms with Crippen LogP contribution in [-0.4, -0.2) is 29.6 Å². The molecule has 0 bridgehead atoms. The van der Waals surface area contributed by atoms with Crippen molar-refractivity contribution in [2.45, 2.75) is 6.54 Å². The summed E-state index contributed by atoms with van der Waals surface area (Å²) in [4.78, 5) is 0. The number of aryl methyl sites for hydroxylation is 1. The lowest BCUT2D eigenvalue weighted by molar-refractivity contribution is 0.429. The van der Waals surface area contributed by atoms with Crippen molar-refractivity contribution in [2.24, 2.45) is 7.05 Å². The molecule has 0 aliphatic carbocycles. The molecular weight excluding hydrogens is 197 g/mol. The summed E-state index contributed by atoms with van der Waals surface area (Å²) in [6.45, 7) is -0.00727. The first kappa shape index (κ1) is 10.1. The number of hydrogen-bond donors (Lipinski definition) is 0. The highest BCUT2D eigenvalue weighted by atomic mass is 32.3. The molecule has 0 aromatic carbocycles. The van der Waals surface area contributed by atoms with Gasteiger partial charge in [0.15, 0.2) is 0 Å². The molecule has 0 aliphatic heterocycles. The number of nitrogens with zero attached hydrogens (tertiary/aromatic N) is 3. The van der Waals surface area contributed by atoms with Crippen molar-refractivity contribution in [1.82, 2.24) is 14.1 Å². The molecule has 0 atom stereocenters. The van der Waals surface area contributed by atoms with Gasteiger partial charge in [-0.3, -0.25) is 4.68 Å². The quantitative estimate of drug-likeness (QED) is 0.659. The van der Waals surface area contributed by atoms with Crippen LogP contribution in [0.1, 0.15) is 5.56 Å². The van der Waals surface area contributed by atoms with Gasteiger partial charge in [0.25, 0.3) is 0 Å². The fraction of sp³-hybridized carbons (Fsp3) is 0.500. The Kier molecular flexibility index (Phi) is 2.67. The van der Waals surface area contributed by atoms with Crippen LogP contribution in [0, 0.1) is 0 Å². The monoisotopic (exact) mass is 207 g/mol. The van der Waals surface area contributed by atoms with Crippen LogP contribution in [-0.2, 0) is 24.0 Å². The number of hydrogen-bond acceptors (Lipinski definition) is 3. The van der Waals surface area contributed by atoms with E-state index in [0.717, 1.165) is 0 Å². The van der Waals surface area contributed by atoms with Crippen LogP contribution in [0.2, 0.25) is 0 Å². The first-order valence-corrected chi connectivity index (χ1v) is 4.87. The van der Waals surface area contributed by atoms with Crippen LogP contribution in [0.5, 0.6) is 0 Å². The minimum Gasteiger partial charge on any atom is -0.275 e. The van der Waals surface area contributed by atoms with Gasteiger partial charge in [-0.05, 0) is 0 Å². The summed E-state index contributed by atoms with van der Waals surface area (Å²) in [5.74, 6) is 0. The second kappa shape index (κ2) is 3.43. The average Bonchev–Trinajstić information content (AvgIpc) is 2.33. The molecule has 0 N–H and O–H groups in total. The summed E-state index contributed by atoms with van der Waals surface area (Å²) >= 11 is 0. The van der Waals surface area contributed by atoms with E-state index in [1.165, 1.54) is 17.9 Å². The van der Waals surface area contributed by atoms with Crippen LogP contribution in [0.15, 0.2) is 12.4 Å². The molecule has 0 aliphatic rings. The average molecular weight is 207 g/mol. The Morgan fingerprint density at radius 3 is 2.69 bits per heavy atom. The number of rotatable bonds is 3. The van der Waals surface area contributed by atoms with Crippen LogP contribution in [0.4, 0.5) is 3.89 Å². The fourth-order valence-electron chi connectivity index (χ4n) is 0.888. The van der Waals surface area contributed by atoms with E-state index >= 15 is 0 Å². The van der Waals surface area contributed by atoms with Gasteiger partial charge in [0, 0.05) is 32.4 Å². The van der Waals surface area contributed by atoms with Crippen molar-refractivity contribution < 1.29 is 12.3 Å². The Hall–Kier alpha value is -0.950. The number of aromatic nitrogens is 2. The van der Waals surface area contributed by atoms with Gasteiger partial charge in [0.2, 0.25) is 0 Å². The van der Waals surface area contributed by atoms with Gasteiger partial charge in [-0.2, -0.15) is 17.8 Å². The summed E-state index contributed by atoms with van der Waals surface area (Å²) < 4.78 is 35.2. The molecule has 1 aromatic heterocycles. The largest absolute Gasteiger partial charge is 0.374 e.